The maximum atomic E-state index is 10.5. The van der Waals surface area contributed by atoms with Gasteiger partial charge >= 0.3 is 0 Å². The molecule has 0 aromatic carbocycles. The van der Waals surface area contributed by atoms with Crippen LogP contribution in [0.1, 0.15) is 40.5 Å². The molecule has 0 bridgehead atoms. The first-order valence-corrected chi connectivity index (χ1v) is 7.44. The molecular weight excluding hydrogens is 240 g/mol. The summed E-state index contributed by atoms with van der Waals surface area (Å²) < 4.78 is 5.32. The van der Waals surface area contributed by atoms with Gasteiger partial charge in [-0.15, -0.1) is 0 Å². The lowest BCUT2D eigenvalue weighted by atomic mass is 9.93. The van der Waals surface area contributed by atoms with Crippen LogP contribution in [-0.4, -0.2) is 61.0 Å². The second-order valence-corrected chi connectivity index (χ2v) is 7.27. The molecule has 1 aliphatic rings. The Morgan fingerprint density at radius 3 is 2.42 bits per heavy atom. The van der Waals surface area contributed by atoms with E-state index in [2.05, 4.69) is 45.0 Å². The molecule has 4 nitrogen and oxygen atoms in total. The van der Waals surface area contributed by atoms with Gasteiger partial charge in [0, 0.05) is 44.7 Å². The Kier molecular flexibility index (Phi) is 6.24. The minimum Gasteiger partial charge on any atom is -0.388 e. The van der Waals surface area contributed by atoms with Gasteiger partial charge in [0.1, 0.15) is 0 Å². The molecule has 1 atom stereocenters. The normalized spacial score (nSPS) is 21.6. The maximum Gasteiger partial charge on any atom is 0.0817 e. The van der Waals surface area contributed by atoms with Crippen molar-refractivity contribution >= 4 is 0 Å². The lowest BCUT2D eigenvalue weighted by Gasteiger charge is -2.36. The van der Waals surface area contributed by atoms with E-state index in [1.54, 1.807) is 0 Å². The van der Waals surface area contributed by atoms with Gasteiger partial charge in [0.15, 0.2) is 0 Å². The summed E-state index contributed by atoms with van der Waals surface area (Å²) in [5.74, 6) is 0.577. The van der Waals surface area contributed by atoms with Crippen molar-refractivity contribution in [3.05, 3.63) is 0 Å². The van der Waals surface area contributed by atoms with Gasteiger partial charge in [-0.3, -0.25) is 0 Å². The van der Waals surface area contributed by atoms with Crippen LogP contribution < -0.4 is 5.32 Å². The van der Waals surface area contributed by atoms with E-state index in [1.807, 2.05) is 0 Å². The first-order valence-electron chi connectivity index (χ1n) is 7.44. The number of ether oxygens (including phenoxy) is 1. The van der Waals surface area contributed by atoms with Gasteiger partial charge in [-0.2, -0.15) is 0 Å². The minimum absolute atomic E-state index is 0.172. The van der Waals surface area contributed by atoms with Crippen LogP contribution in [0.25, 0.3) is 0 Å². The summed E-state index contributed by atoms with van der Waals surface area (Å²) in [6, 6.07) is 0. The Morgan fingerprint density at radius 1 is 1.32 bits per heavy atom. The summed E-state index contributed by atoms with van der Waals surface area (Å²) in [6.07, 6.45) is 1.51. The first-order chi connectivity index (χ1) is 8.70. The molecule has 0 radical (unpaired) electrons. The quantitative estimate of drug-likeness (QED) is 0.769. The average molecular weight is 272 g/mol. The molecule has 0 aliphatic carbocycles. The Balaban J connectivity index is 2.27. The Hall–Kier alpha value is -0.160. The summed E-state index contributed by atoms with van der Waals surface area (Å²) in [6.45, 7) is 13.0. The highest BCUT2D eigenvalue weighted by atomic mass is 16.5. The minimum atomic E-state index is -0.551. The predicted molar refractivity (Wildman–Crippen MR) is 79.4 cm³/mol. The molecule has 0 aromatic heterocycles. The van der Waals surface area contributed by atoms with Crippen molar-refractivity contribution in [3.8, 4) is 0 Å². The Bertz CT molecular complexity index is 257. The van der Waals surface area contributed by atoms with E-state index in [9.17, 15) is 5.11 Å². The van der Waals surface area contributed by atoms with Crippen LogP contribution in [0, 0.1) is 5.92 Å². The van der Waals surface area contributed by atoms with Crippen LogP contribution in [0.3, 0.4) is 0 Å². The fraction of sp³-hybridized carbons (Fsp3) is 1.00. The number of nitrogens with zero attached hydrogens (tertiary/aromatic N) is 1. The highest BCUT2D eigenvalue weighted by molar-refractivity contribution is 4.84. The van der Waals surface area contributed by atoms with Gasteiger partial charge in [-0.25, -0.2) is 0 Å². The van der Waals surface area contributed by atoms with E-state index < -0.39 is 5.60 Å². The third-order valence-corrected chi connectivity index (χ3v) is 3.59. The van der Waals surface area contributed by atoms with Crippen molar-refractivity contribution in [2.45, 2.75) is 51.7 Å². The molecule has 1 fully saturated rings. The van der Waals surface area contributed by atoms with Crippen LogP contribution in [0.5, 0.6) is 0 Å². The highest BCUT2D eigenvalue weighted by Crippen LogP contribution is 2.21. The largest absolute Gasteiger partial charge is 0.388 e. The van der Waals surface area contributed by atoms with Crippen molar-refractivity contribution in [3.63, 3.8) is 0 Å². The van der Waals surface area contributed by atoms with Crippen LogP contribution >= 0.6 is 0 Å². The van der Waals surface area contributed by atoms with Crippen LogP contribution in [0.4, 0.5) is 0 Å². The summed E-state index contributed by atoms with van der Waals surface area (Å²) >= 11 is 0. The van der Waals surface area contributed by atoms with E-state index in [0.717, 1.165) is 32.5 Å². The number of hydrogen-bond donors (Lipinski definition) is 2. The van der Waals surface area contributed by atoms with Gasteiger partial charge in [0.05, 0.1) is 5.60 Å². The summed E-state index contributed by atoms with van der Waals surface area (Å²) in [4.78, 5) is 2.25. The molecule has 114 valence electrons. The van der Waals surface area contributed by atoms with E-state index in [1.165, 1.54) is 0 Å². The van der Waals surface area contributed by atoms with Gasteiger partial charge in [-0.05, 0) is 40.3 Å². The standard InChI is InChI=1S/C15H32N2O2/c1-13(10-16-14(2,3)4)11-17(5)12-15(18)6-8-19-9-7-15/h13,16,18H,6-12H2,1-5H3. The second kappa shape index (κ2) is 7.02. The van der Waals surface area contributed by atoms with Crippen molar-refractivity contribution in [1.82, 2.24) is 10.2 Å². The monoisotopic (exact) mass is 272 g/mol. The smallest absolute Gasteiger partial charge is 0.0817 e. The number of aliphatic hydroxyl groups is 1. The molecule has 1 heterocycles. The van der Waals surface area contributed by atoms with E-state index >= 15 is 0 Å². The molecule has 0 amide bonds. The lowest BCUT2D eigenvalue weighted by molar-refractivity contribution is -0.0778. The summed E-state index contributed by atoms with van der Waals surface area (Å²) in [7, 11) is 2.10. The second-order valence-electron chi connectivity index (χ2n) is 7.27. The Morgan fingerprint density at radius 2 is 1.89 bits per heavy atom. The zero-order valence-electron chi connectivity index (χ0n) is 13.3. The molecule has 1 unspecified atom stereocenters. The molecule has 0 aromatic rings. The lowest BCUT2D eigenvalue weighted by Crippen LogP contribution is -2.47. The fourth-order valence-electron chi connectivity index (χ4n) is 2.55. The van der Waals surface area contributed by atoms with Gasteiger partial charge in [-0.1, -0.05) is 6.92 Å². The third kappa shape index (κ3) is 7.25. The van der Waals surface area contributed by atoms with E-state index in [-0.39, 0.29) is 5.54 Å². The van der Waals surface area contributed by atoms with E-state index in [0.29, 0.717) is 19.1 Å². The van der Waals surface area contributed by atoms with Crippen molar-refractivity contribution in [2.75, 3.05) is 39.9 Å². The predicted octanol–water partition coefficient (Wildman–Crippen LogP) is 1.48. The van der Waals surface area contributed by atoms with Crippen LogP contribution in [-0.2, 0) is 4.74 Å². The zero-order chi connectivity index (χ0) is 14.5. The first kappa shape index (κ1) is 16.9. The van der Waals surface area contributed by atoms with Crippen molar-refractivity contribution in [2.24, 2.45) is 5.92 Å². The van der Waals surface area contributed by atoms with Crippen molar-refractivity contribution < 1.29 is 9.84 Å². The zero-order valence-corrected chi connectivity index (χ0v) is 13.3. The molecule has 1 rings (SSSR count). The molecule has 0 spiro atoms. The maximum absolute atomic E-state index is 10.5. The van der Waals surface area contributed by atoms with Crippen molar-refractivity contribution in [1.29, 1.82) is 0 Å². The van der Waals surface area contributed by atoms with E-state index in [4.69, 9.17) is 4.74 Å². The molecular formula is C15H32N2O2. The topological polar surface area (TPSA) is 44.7 Å². The number of rotatable bonds is 6. The Labute approximate surface area is 118 Å². The SMILES string of the molecule is CC(CNC(C)(C)C)CN(C)CC1(O)CCOCC1. The highest BCUT2D eigenvalue weighted by Gasteiger charge is 2.31. The fourth-order valence-corrected chi connectivity index (χ4v) is 2.55. The molecule has 4 heteroatoms. The average Bonchev–Trinajstić information content (AvgIpc) is 2.25. The number of likely N-dealkylation sites (N-methyl/N-ethyl adjacent to an activating group) is 1. The number of hydrogen-bond acceptors (Lipinski definition) is 4. The molecule has 19 heavy (non-hydrogen) atoms. The molecule has 1 saturated heterocycles. The summed E-state index contributed by atoms with van der Waals surface area (Å²) in [5.41, 5.74) is -0.379. The summed E-state index contributed by atoms with van der Waals surface area (Å²) in [5, 5.41) is 14.0. The van der Waals surface area contributed by atoms with Crippen LogP contribution in [0.15, 0.2) is 0 Å². The van der Waals surface area contributed by atoms with Gasteiger partial charge in [0.25, 0.3) is 0 Å². The molecule has 1 aliphatic heterocycles. The van der Waals surface area contributed by atoms with Crippen LogP contribution in [0.2, 0.25) is 0 Å². The third-order valence-electron chi connectivity index (χ3n) is 3.59. The molecule has 0 saturated carbocycles. The van der Waals surface area contributed by atoms with Gasteiger partial charge in [0.2, 0.25) is 0 Å². The van der Waals surface area contributed by atoms with Gasteiger partial charge < -0.3 is 20.1 Å². The number of nitrogens with one attached hydrogen (secondary N) is 1. The molecule has 2 N–H and O–H groups in total.